The molecule has 0 bridgehead atoms. The maximum Gasteiger partial charge on any atom is 0.161 e. The van der Waals surface area contributed by atoms with E-state index in [1.54, 1.807) is 12.1 Å². The van der Waals surface area contributed by atoms with Crippen LogP contribution in [0, 0.1) is 12.7 Å². The summed E-state index contributed by atoms with van der Waals surface area (Å²) in [6, 6.07) is 4.79. The van der Waals surface area contributed by atoms with Gasteiger partial charge in [0.15, 0.2) is 5.82 Å². The van der Waals surface area contributed by atoms with Gasteiger partial charge in [0.1, 0.15) is 11.6 Å². The predicted molar refractivity (Wildman–Crippen MR) is 78.8 cm³/mol. The molecule has 1 N–H and O–H groups in total. The Morgan fingerprint density at radius 2 is 2.05 bits per heavy atom. The summed E-state index contributed by atoms with van der Waals surface area (Å²) in [6.45, 7) is 4.05. The highest BCUT2D eigenvalue weighted by molar-refractivity contribution is 9.10. The molecule has 2 aromatic rings. The summed E-state index contributed by atoms with van der Waals surface area (Å²) in [7, 11) is 1.83. The molecule has 0 spiro atoms. The van der Waals surface area contributed by atoms with Crippen molar-refractivity contribution < 1.29 is 4.39 Å². The summed E-state index contributed by atoms with van der Waals surface area (Å²) >= 11 is 3.18. The second kappa shape index (κ2) is 5.65. The van der Waals surface area contributed by atoms with Crippen LogP contribution in [0.25, 0.3) is 11.4 Å². The molecule has 1 heterocycles. The summed E-state index contributed by atoms with van der Waals surface area (Å²) in [5, 5.41) is 3.07. The fraction of sp³-hybridized carbons (Fsp3) is 0.286. The standard InChI is InChI=1S/C14H15BrFN3/c1-4-12-8(2)13(17-3)19-14(18-12)9-5-6-11(16)10(15)7-9/h5-7H,4H2,1-3H3,(H,17,18,19). The number of benzene rings is 1. The average molecular weight is 324 g/mol. The van der Waals surface area contributed by atoms with Crippen molar-refractivity contribution in [3.05, 3.63) is 39.7 Å². The molecule has 2 rings (SSSR count). The minimum absolute atomic E-state index is 0.291. The Morgan fingerprint density at radius 1 is 1.32 bits per heavy atom. The van der Waals surface area contributed by atoms with Crippen LogP contribution in [0.4, 0.5) is 10.2 Å². The summed E-state index contributed by atoms with van der Waals surface area (Å²) in [5.41, 5.74) is 2.84. The molecule has 0 aliphatic rings. The van der Waals surface area contributed by atoms with Crippen LogP contribution in [0.5, 0.6) is 0 Å². The van der Waals surface area contributed by atoms with Crippen LogP contribution in [0.3, 0.4) is 0 Å². The first kappa shape index (κ1) is 13.9. The van der Waals surface area contributed by atoms with Gasteiger partial charge in [0.25, 0.3) is 0 Å². The summed E-state index contributed by atoms with van der Waals surface area (Å²) in [6.07, 6.45) is 0.832. The Morgan fingerprint density at radius 3 is 2.63 bits per heavy atom. The second-order valence-electron chi connectivity index (χ2n) is 4.20. The van der Waals surface area contributed by atoms with Gasteiger partial charge in [0.05, 0.1) is 4.47 Å². The van der Waals surface area contributed by atoms with E-state index in [9.17, 15) is 4.39 Å². The number of anilines is 1. The highest BCUT2D eigenvalue weighted by atomic mass is 79.9. The van der Waals surface area contributed by atoms with Gasteiger partial charge in [-0.05, 0) is 47.5 Å². The maximum absolute atomic E-state index is 13.3. The Labute approximate surface area is 120 Å². The lowest BCUT2D eigenvalue weighted by Crippen LogP contribution is -2.04. The van der Waals surface area contributed by atoms with Crippen molar-refractivity contribution in [3.8, 4) is 11.4 Å². The first-order valence-electron chi connectivity index (χ1n) is 6.07. The zero-order valence-corrected chi connectivity index (χ0v) is 12.7. The topological polar surface area (TPSA) is 37.8 Å². The van der Waals surface area contributed by atoms with Gasteiger partial charge in [0, 0.05) is 23.9 Å². The molecule has 0 radical (unpaired) electrons. The molecule has 0 aliphatic heterocycles. The highest BCUT2D eigenvalue weighted by Crippen LogP contribution is 2.25. The van der Waals surface area contributed by atoms with Crippen molar-refractivity contribution in [2.45, 2.75) is 20.3 Å². The Balaban J connectivity index is 2.58. The average Bonchev–Trinajstić information content (AvgIpc) is 2.42. The number of nitrogens with zero attached hydrogens (tertiary/aromatic N) is 2. The second-order valence-corrected chi connectivity index (χ2v) is 5.05. The van der Waals surface area contributed by atoms with E-state index >= 15 is 0 Å². The number of aromatic nitrogens is 2. The Hall–Kier alpha value is -1.49. The smallest absolute Gasteiger partial charge is 0.161 e. The van der Waals surface area contributed by atoms with E-state index < -0.39 is 0 Å². The van der Waals surface area contributed by atoms with Gasteiger partial charge in [-0.3, -0.25) is 0 Å². The van der Waals surface area contributed by atoms with Crippen LogP contribution >= 0.6 is 15.9 Å². The molecule has 0 fully saturated rings. The van der Waals surface area contributed by atoms with Crippen molar-refractivity contribution >= 4 is 21.7 Å². The summed E-state index contributed by atoms with van der Waals surface area (Å²) < 4.78 is 13.7. The molecule has 0 saturated carbocycles. The van der Waals surface area contributed by atoms with Crippen LogP contribution in [0.2, 0.25) is 0 Å². The first-order chi connectivity index (χ1) is 9.06. The summed E-state index contributed by atoms with van der Waals surface area (Å²) in [4.78, 5) is 9.02. The van der Waals surface area contributed by atoms with E-state index in [1.807, 2.05) is 14.0 Å². The lowest BCUT2D eigenvalue weighted by molar-refractivity contribution is 0.621. The van der Waals surface area contributed by atoms with Gasteiger partial charge >= 0.3 is 0 Å². The first-order valence-corrected chi connectivity index (χ1v) is 6.86. The van der Waals surface area contributed by atoms with Crippen LogP contribution < -0.4 is 5.32 Å². The quantitative estimate of drug-likeness (QED) is 0.929. The Bertz CT molecular complexity index is 589. The molecule has 1 aromatic carbocycles. The van der Waals surface area contributed by atoms with Gasteiger partial charge in [0.2, 0.25) is 0 Å². The van der Waals surface area contributed by atoms with E-state index in [-0.39, 0.29) is 5.82 Å². The molecule has 0 aliphatic carbocycles. The third kappa shape index (κ3) is 2.76. The van der Waals surface area contributed by atoms with Crippen LogP contribution in [0.1, 0.15) is 18.2 Å². The highest BCUT2D eigenvalue weighted by Gasteiger charge is 2.11. The molecule has 19 heavy (non-hydrogen) atoms. The number of aryl methyl sites for hydroxylation is 1. The van der Waals surface area contributed by atoms with Crippen molar-refractivity contribution in [1.29, 1.82) is 0 Å². The van der Waals surface area contributed by atoms with E-state index in [0.717, 1.165) is 29.1 Å². The molecule has 100 valence electrons. The van der Waals surface area contributed by atoms with Crippen molar-refractivity contribution in [3.63, 3.8) is 0 Å². The molecular formula is C14H15BrFN3. The van der Waals surface area contributed by atoms with Crippen molar-refractivity contribution in [1.82, 2.24) is 9.97 Å². The van der Waals surface area contributed by atoms with Crippen LogP contribution in [-0.4, -0.2) is 17.0 Å². The van der Waals surface area contributed by atoms with Gasteiger partial charge in [-0.2, -0.15) is 0 Å². The van der Waals surface area contributed by atoms with Crippen LogP contribution in [-0.2, 0) is 6.42 Å². The third-order valence-electron chi connectivity index (χ3n) is 3.00. The maximum atomic E-state index is 13.3. The SMILES string of the molecule is CCc1nc(-c2ccc(F)c(Br)c2)nc(NC)c1C. The fourth-order valence-corrected chi connectivity index (χ4v) is 2.29. The molecule has 0 atom stereocenters. The molecule has 1 aromatic heterocycles. The van der Waals surface area contributed by atoms with Crippen LogP contribution in [0.15, 0.2) is 22.7 Å². The lowest BCUT2D eigenvalue weighted by Gasteiger charge is -2.11. The zero-order chi connectivity index (χ0) is 14.0. The monoisotopic (exact) mass is 323 g/mol. The van der Waals surface area contributed by atoms with E-state index in [0.29, 0.717) is 10.3 Å². The minimum Gasteiger partial charge on any atom is -0.373 e. The molecule has 3 nitrogen and oxygen atoms in total. The number of rotatable bonds is 3. The van der Waals surface area contributed by atoms with Crippen molar-refractivity contribution in [2.75, 3.05) is 12.4 Å². The summed E-state index contributed by atoms with van der Waals surface area (Å²) in [5.74, 6) is 1.12. The van der Waals surface area contributed by atoms with Gasteiger partial charge in [-0.25, -0.2) is 14.4 Å². The number of hydrogen-bond acceptors (Lipinski definition) is 3. The fourth-order valence-electron chi connectivity index (χ4n) is 1.92. The van der Waals surface area contributed by atoms with E-state index in [4.69, 9.17) is 0 Å². The van der Waals surface area contributed by atoms with E-state index in [2.05, 4.69) is 38.1 Å². The molecule has 5 heteroatoms. The lowest BCUT2D eigenvalue weighted by atomic mass is 10.1. The van der Waals surface area contributed by atoms with Crippen molar-refractivity contribution in [2.24, 2.45) is 0 Å². The third-order valence-corrected chi connectivity index (χ3v) is 3.60. The molecule has 0 amide bonds. The number of nitrogens with one attached hydrogen (secondary N) is 1. The Kier molecular flexibility index (Phi) is 4.14. The van der Waals surface area contributed by atoms with Gasteiger partial charge < -0.3 is 5.32 Å². The predicted octanol–water partition coefficient (Wildman–Crippen LogP) is 3.96. The zero-order valence-electron chi connectivity index (χ0n) is 11.1. The molecule has 0 unspecified atom stereocenters. The number of hydrogen-bond donors (Lipinski definition) is 1. The molecule has 0 saturated heterocycles. The normalized spacial score (nSPS) is 10.6. The van der Waals surface area contributed by atoms with E-state index in [1.165, 1.54) is 6.07 Å². The molecular weight excluding hydrogens is 309 g/mol. The van der Waals surface area contributed by atoms with Gasteiger partial charge in [-0.15, -0.1) is 0 Å². The van der Waals surface area contributed by atoms with Gasteiger partial charge in [-0.1, -0.05) is 6.92 Å². The largest absolute Gasteiger partial charge is 0.373 e. The number of halogens is 2. The minimum atomic E-state index is -0.291.